The molecule has 2 N–H and O–H groups in total. The summed E-state index contributed by atoms with van der Waals surface area (Å²) in [5, 5.41) is 5.56. The number of benzene rings is 2. The predicted octanol–water partition coefficient (Wildman–Crippen LogP) is 3.03. The molecule has 0 radical (unpaired) electrons. The first-order valence-electron chi connectivity index (χ1n) is 9.98. The van der Waals surface area contributed by atoms with Crippen LogP contribution in [0.2, 0.25) is 0 Å². The van der Waals surface area contributed by atoms with Gasteiger partial charge in [-0.2, -0.15) is 0 Å². The summed E-state index contributed by atoms with van der Waals surface area (Å²) in [5.74, 6) is -0.292. The molecule has 2 aromatic carbocycles. The van der Waals surface area contributed by atoms with Crippen molar-refractivity contribution in [3.05, 3.63) is 54.1 Å². The van der Waals surface area contributed by atoms with Crippen molar-refractivity contribution in [2.24, 2.45) is 5.92 Å². The van der Waals surface area contributed by atoms with Crippen LogP contribution in [0, 0.1) is 5.92 Å². The minimum Gasteiger partial charge on any atom is -0.497 e. The van der Waals surface area contributed by atoms with E-state index in [2.05, 4.69) is 10.6 Å². The molecule has 166 valence electrons. The van der Waals surface area contributed by atoms with Crippen LogP contribution >= 0.6 is 0 Å². The standard InChI is InChI=1S/C23H28N2O6/c1-5-30-20(26)14-31-19-8-6-7-17(13-19)24-23(28)21(15(2)3)25-22(27)16-9-11-18(29-4)12-10-16/h6-13,15,21H,5,14H2,1-4H3,(H,24,28)(H,25,27). The Morgan fingerprint density at radius 1 is 1.00 bits per heavy atom. The van der Waals surface area contributed by atoms with Gasteiger partial charge >= 0.3 is 5.97 Å². The van der Waals surface area contributed by atoms with Crippen molar-refractivity contribution in [2.75, 3.05) is 25.6 Å². The fourth-order valence-electron chi connectivity index (χ4n) is 2.73. The quantitative estimate of drug-likeness (QED) is 0.564. The van der Waals surface area contributed by atoms with Crippen LogP contribution in [0.4, 0.5) is 5.69 Å². The van der Waals surface area contributed by atoms with Gasteiger partial charge < -0.3 is 24.8 Å². The van der Waals surface area contributed by atoms with Crippen molar-refractivity contribution in [2.45, 2.75) is 26.8 Å². The van der Waals surface area contributed by atoms with Crippen LogP contribution in [-0.2, 0) is 14.3 Å². The summed E-state index contributed by atoms with van der Waals surface area (Å²) in [6, 6.07) is 12.5. The molecule has 2 aromatic rings. The van der Waals surface area contributed by atoms with Gasteiger partial charge in [0.1, 0.15) is 17.5 Å². The van der Waals surface area contributed by atoms with E-state index in [-0.39, 0.29) is 30.9 Å². The lowest BCUT2D eigenvalue weighted by atomic mass is 10.0. The average Bonchev–Trinajstić information content (AvgIpc) is 2.76. The van der Waals surface area contributed by atoms with Gasteiger partial charge in [0.2, 0.25) is 5.91 Å². The third-order valence-electron chi connectivity index (χ3n) is 4.35. The number of anilines is 1. The topological polar surface area (TPSA) is 103 Å². The minimum atomic E-state index is -0.751. The van der Waals surface area contributed by atoms with Crippen molar-refractivity contribution in [1.29, 1.82) is 0 Å². The van der Waals surface area contributed by atoms with E-state index in [0.717, 1.165) is 0 Å². The van der Waals surface area contributed by atoms with Crippen molar-refractivity contribution in [3.8, 4) is 11.5 Å². The Balaban J connectivity index is 2.02. The van der Waals surface area contributed by atoms with Gasteiger partial charge in [-0.15, -0.1) is 0 Å². The molecular formula is C23H28N2O6. The Kier molecular flexibility index (Phi) is 8.87. The zero-order chi connectivity index (χ0) is 22.8. The van der Waals surface area contributed by atoms with Gasteiger partial charge in [0, 0.05) is 17.3 Å². The van der Waals surface area contributed by atoms with E-state index >= 15 is 0 Å². The lowest BCUT2D eigenvalue weighted by molar-refractivity contribution is -0.145. The van der Waals surface area contributed by atoms with Gasteiger partial charge in [-0.3, -0.25) is 9.59 Å². The third kappa shape index (κ3) is 7.33. The summed E-state index contributed by atoms with van der Waals surface area (Å²) in [4.78, 5) is 36.8. The Bertz CT molecular complexity index is 895. The highest BCUT2D eigenvalue weighted by molar-refractivity contribution is 6.01. The number of carbonyl (C=O) groups is 3. The lowest BCUT2D eigenvalue weighted by Crippen LogP contribution is -2.47. The first kappa shape index (κ1) is 23.7. The molecule has 0 aliphatic carbocycles. The van der Waals surface area contributed by atoms with Crippen molar-refractivity contribution in [1.82, 2.24) is 5.32 Å². The first-order chi connectivity index (χ1) is 14.8. The van der Waals surface area contributed by atoms with Crippen molar-refractivity contribution >= 4 is 23.5 Å². The molecule has 0 aliphatic heterocycles. The average molecular weight is 428 g/mol. The summed E-state index contributed by atoms with van der Waals surface area (Å²) in [7, 11) is 1.55. The summed E-state index contributed by atoms with van der Waals surface area (Å²) < 4.78 is 15.3. The van der Waals surface area contributed by atoms with E-state index in [4.69, 9.17) is 14.2 Å². The number of hydrogen-bond donors (Lipinski definition) is 2. The highest BCUT2D eigenvalue weighted by Gasteiger charge is 2.25. The molecule has 0 fully saturated rings. The number of hydrogen-bond acceptors (Lipinski definition) is 6. The fourth-order valence-corrected chi connectivity index (χ4v) is 2.73. The Morgan fingerprint density at radius 3 is 2.32 bits per heavy atom. The van der Waals surface area contributed by atoms with E-state index in [0.29, 0.717) is 22.7 Å². The normalized spacial score (nSPS) is 11.4. The second-order valence-electron chi connectivity index (χ2n) is 7.03. The van der Waals surface area contributed by atoms with Crippen LogP contribution in [0.25, 0.3) is 0 Å². The molecule has 0 spiro atoms. The molecule has 0 saturated carbocycles. The molecule has 0 aliphatic rings. The molecule has 2 rings (SSSR count). The first-order valence-corrected chi connectivity index (χ1v) is 9.98. The predicted molar refractivity (Wildman–Crippen MR) is 116 cm³/mol. The molecule has 8 nitrogen and oxygen atoms in total. The number of rotatable bonds is 10. The summed E-state index contributed by atoms with van der Waals surface area (Å²) >= 11 is 0. The molecule has 2 amide bonds. The number of esters is 1. The maximum atomic E-state index is 12.8. The molecule has 1 unspecified atom stereocenters. The molecule has 31 heavy (non-hydrogen) atoms. The van der Waals surface area contributed by atoms with Crippen LogP contribution < -0.4 is 20.1 Å². The fraction of sp³-hybridized carbons (Fsp3) is 0.348. The lowest BCUT2D eigenvalue weighted by Gasteiger charge is -2.22. The summed E-state index contributed by atoms with van der Waals surface area (Å²) in [5.41, 5.74) is 0.907. The third-order valence-corrected chi connectivity index (χ3v) is 4.35. The monoisotopic (exact) mass is 428 g/mol. The van der Waals surface area contributed by atoms with Gasteiger partial charge in [0.05, 0.1) is 13.7 Å². The molecule has 0 heterocycles. The Morgan fingerprint density at radius 2 is 1.71 bits per heavy atom. The van der Waals surface area contributed by atoms with Crippen LogP contribution in [0.1, 0.15) is 31.1 Å². The Labute approximate surface area is 181 Å². The van der Waals surface area contributed by atoms with Gasteiger partial charge in [-0.05, 0) is 49.2 Å². The van der Waals surface area contributed by atoms with Gasteiger partial charge in [0.15, 0.2) is 6.61 Å². The van der Waals surface area contributed by atoms with Gasteiger partial charge in [0.25, 0.3) is 5.91 Å². The second kappa shape index (κ2) is 11.6. The maximum Gasteiger partial charge on any atom is 0.344 e. The second-order valence-corrected chi connectivity index (χ2v) is 7.03. The number of ether oxygens (including phenoxy) is 3. The molecule has 1 atom stereocenters. The molecule has 0 saturated heterocycles. The van der Waals surface area contributed by atoms with Crippen LogP contribution in [0.5, 0.6) is 11.5 Å². The van der Waals surface area contributed by atoms with Gasteiger partial charge in [-0.25, -0.2) is 4.79 Å². The van der Waals surface area contributed by atoms with Crippen LogP contribution in [0.3, 0.4) is 0 Å². The summed E-state index contributed by atoms with van der Waals surface area (Å²) in [6.07, 6.45) is 0. The van der Waals surface area contributed by atoms with Crippen molar-refractivity contribution in [3.63, 3.8) is 0 Å². The highest BCUT2D eigenvalue weighted by Crippen LogP contribution is 2.19. The molecular weight excluding hydrogens is 400 g/mol. The van der Waals surface area contributed by atoms with E-state index in [1.807, 2.05) is 13.8 Å². The van der Waals surface area contributed by atoms with E-state index in [9.17, 15) is 14.4 Å². The largest absolute Gasteiger partial charge is 0.497 e. The highest BCUT2D eigenvalue weighted by atomic mass is 16.6. The molecule has 8 heteroatoms. The Hall–Kier alpha value is -3.55. The number of carbonyl (C=O) groups excluding carboxylic acids is 3. The minimum absolute atomic E-state index is 0.148. The smallest absolute Gasteiger partial charge is 0.344 e. The van der Waals surface area contributed by atoms with Gasteiger partial charge in [-0.1, -0.05) is 19.9 Å². The zero-order valence-electron chi connectivity index (χ0n) is 18.1. The molecule has 0 aromatic heterocycles. The zero-order valence-corrected chi connectivity index (χ0v) is 18.1. The maximum absolute atomic E-state index is 12.8. The van der Waals surface area contributed by atoms with Crippen molar-refractivity contribution < 1.29 is 28.6 Å². The van der Waals surface area contributed by atoms with Crippen LogP contribution in [-0.4, -0.2) is 44.1 Å². The number of amides is 2. The summed E-state index contributed by atoms with van der Waals surface area (Å²) in [6.45, 7) is 5.45. The number of nitrogens with one attached hydrogen (secondary N) is 2. The van der Waals surface area contributed by atoms with E-state index in [1.54, 1.807) is 62.6 Å². The SMILES string of the molecule is CCOC(=O)COc1cccc(NC(=O)C(NC(=O)c2ccc(OC)cc2)C(C)C)c1. The molecule has 0 bridgehead atoms. The van der Waals surface area contributed by atoms with E-state index in [1.165, 1.54) is 0 Å². The number of methoxy groups -OCH3 is 1. The van der Waals surface area contributed by atoms with E-state index < -0.39 is 12.0 Å². The van der Waals surface area contributed by atoms with Crippen LogP contribution in [0.15, 0.2) is 48.5 Å².